The van der Waals surface area contributed by atoms with Gasteiger partial charge in [-0.25, -0.2) is 8.42 Å². The van der Waals surface area contributed by atoms with Gasteiger partial charge in [-0.15, -0.1) is 0 Å². The largest absolute Gasteiger partial charge is 0.469 e. The number of hydrogen-bond donors (Lipinski definition) is 0. The smallest absolute Gasteiger partial charge is 0.305 e. The van der Waals surface area contributed by atoms with Crippen LogP contribution in [0.25, 0.3) is 0 Å². The van der Waals surface area contributed by atoms with Crippen molar-refractivity contribution in [3.8, 4) is 0 Å². The molecule has 7 nitrogen and oxygen atoms in total. The zero-order valence-corrected chi connectivity index (χ0v) is 13.2. The van der Waals surface area contributed by atoms with Crippen LogP contribution in [0.2, 0.25) is 0 Å². The molecule has 8 heteroatoms. The number of likely N-dealkylation sites (N-methyl/N-ethyl adjacent to an activating group) is 1. The van der Waals surface area contributed by atoms with E-state index in [2.05, 4.69) is 4.74 Å². The first kappa shape index (κ1) is 16.9. The van der Waals surface area contributed by atoms with Gasteiger partial charge in [0.05, 0.1) is 12.9 Å². The summed E-state index contributed by atoms with van der Waals surface area (Å²) in [5.41, 5.74) is -1.09. The molecule has 0 radical (unpaired) electrons. The molecule has 1 aliphatic heterocycles. The summed E-state index contributed by atoms with van der Waals surface area (Å²) in [5, 5.41) is 0. The molecule has 1 amide bonds. The number of carbonyl (C=O) groups excluding carboxylic acids is 2. The molecule has 0 bridgehead atoms. The summed E-state index contributed by atoms with van der Waals surface area (Å²) in [6, 6.07) is 0. The van der Waals surface area contributed by atoms with Crippen molar-refractivity contribution in [2.24, 2.45) is 0 Å². The monoisotopic (exact) mass is 306 g/mol. The Kier molecular flexibility index (Phi) is 5.15. The Labute approximate surface area is 119 Å². The molecule has 0 aromatic heterocycles. The summed E-state index contributed by atoms with van der Waals surface area (Å²) in [6.07, 6.45) is 0.240. The second-order valence-electron chi connectivity index (χ2n) is 5.35. The first-order valence-electron chi connectivity index (χ1n) is 6.46. The maximum absolute atomic E-state index is 12.3. The molecular weight excluding hydrogens is 284 g/mol. The fourth-order valence-electron chi connectivity index (χ4n) is 2.29. The minimum Gasteiger partial charge on any atom is -0.469 e. The van der Waals surface area contributed by atoms with Crippen LogP contribution in [0.4, 0.5) is 0 Å². The van der Waals surface area contributed by atoms with Crippen LogP contribution in [0.3, 0.4) is 0 Å². The highest BCUT2D eigenvalue weighted by molar-refractivity contribution is 7.89. The van der Waals surface area contributed by atoms with Crippen molar-refractivity contribution in [1.82, 2.24) is 9.21 Å². The molecule has 0 spiro atoms. The van der Waals surface area contributed by atoms with Crippen LogP contribution in [0.15, 0.2) is 0 Å². The lowest BCUT2D eigenvalue weighted by molar-refractivity contribution is -0.143. The number of sulfonamides is 1. The number of ether oxygens (including phenoxy) is 1. The molecule has 1 aliphatic rings. The highest BCUT2D eigenvalue weighted by Gasteiger charge is 2.46. The fraction of sp³-hybridized carbons (Fsp3) is 0.833. The van der Waals surface area contributed by atoms with Gasteiger partial charge in [-0.05, 0) is 20.3 Å². The minimum absolute atomic E-state index is 0.0534. The van der Waals surface area contributed by atoms with E-state index in [4.69, 9.17) is 0 Å². The second kappa shape index (κ2) is 6.09. The number of piperazine rings is 1. The van der Waals surface area contributed by atoms with E-state index in [-0.39, 0.29) is 31.0 Å². The molecule has 0 unspecified atom stereocenters. The molecule has 0 aliphatic carbocycles. The quantitative estimate of drug-likeness (QED) is 0.658. The number of esters is 1. The summed E-state index contributed by atoms with van der Waals surface area (Å²) in [6.45, 7) is 3.85. The summed E-state index contributed by atoms with van der Waals surface area (Å²) in [5.74, 6) is -0.822. The Hall–Kier alpha value is -1.15. The summed E-state index contributed by atoms with van der Waals surface area (Å²) in [4.78, 5) is 24.6. The maximum atomic E-state index is 12.3. The van der Waals surface area contributed by atoms with Crippen molar-refractivity contribution in [3.63, 3.8) is 0 Å². The SMILES string of the molecule is COC(=O)CCCS(=O)(=O)N1CCN(C)C(=O)C1(C)C. The Bertz CT molecular complexity index is 486. The van der Waals surface area contributed by atoms with Crippen molar-refractivity contribution in [2.45, 2.75) is 32.2 Å². The summed E-state index contributed by atoms with van der Waals surface area (Å²) < 4.78 is 30.4. The van der Waals surface area contributed by atoms with Crippen LogP contribution >= 0.6 is 0 Å². The standard InChI is InChI=1S/C12H22N2O5S/c1-12(2)11(16)13(3)7-8-14(12)20(17,18)9-5-6-10(15)19-4/h5-9H2,1-4H3. The molecule has 0 N–H and O–H groups in total. The van der Waals surface area contributed by atoms with Gasteiger partial charge in [-0.2, -0.15) is 4.31 Å². The first-order valence-corrected chi connectivity index (χ1v) is 8.06. The molecule has 0 aromatic rings. The van der Waals surface area contributed by atoms with Gasteiger partial charge in [0, 0.05) is 26.6 Å². The maximum Gasteiger partial charge on any atom is 0.305 e. The zero-order chi connectivity index (χ0) is 15.6. The first-order chi connectivity index (χ1) is 9.13. The van der Waals surface area contributed by atoms with Crippen LogP contribution in [0.1, 0.15) is 26.7 Å². The third kappa shape index (κ3) is 3.49. The van der Waals surface area contributed by atoms with Crippen molar-refractivity contribution < 1.29 is 22.7 Å². The Balaban J connectivity index is 2.77. The molecule has 20 heavy (non-hydrogen) atoms. The molecule has 0 atom stereocenters. The van der Waals surface area contributed by atoms with E-state index in [0.717, 1.165) is 0 Å². The van der Waals surface area contributed by atoms with Crippen LogP contribution in [-0.4, -0.2) is 68.0 Å². The lowest BCUT2D eigenvalue weighted by Crippen LogP contribution is -2.63. The molecule has 1 heterocycles. The average molecular weight is 306 g/mol. The Morgan fingerprint density at radius 2 is 1.95 bits per heavy atom. The number of methoxy groups -OCH3 is 1. The average Bonchev–Trinajstić information content (AvgIpc) is 2.35. The molecule has 1 saturated heterocycles. The van der Waals surface area contributed by atoms with E-state index in [0.29, 0.717) is 6.54 Å². The van der Waals surface area contributed by atoms with Gasteiger partial charge in [-0.3, -0.25) is 9.59 Å². The van der Waals surface area contributed by atoms with Crippen LogP contribution in [-0.2, 0) is 24.3 Å². The molecular formula is C12H22N2O5S. The van der Waals surface area contributed by atoms with Crippen molar-refractivity contribution >= 4 is 21.9 Å². The minimum atomic E-state index is -3.57. The molecule has 116 valence electrons. The third-order valence-corrected chi connectivity index (χ3v) is 5.59. The van der Waals surface area contributed by atoms with Gasteiger partial charge < -0.3 is 9.64 Å². The Morgan fingerprint density at radius 3 is 2.50 bits per heavy atom. The fourth-order valence-corrected chi connectivity index (χ4v) is 4.16. The normalized spacial score (nSPS) is 20.0. The zero-order valence-electron chi connectivity index (χ0n) is 12.4. The lowest BCUT2D eigenvalue weighted by atomic mass is 10.0. The summed E-state index contributed by atoms with van der Waals surface area (Å²) >= 11 is 0. The predicted octanol–water partition coefficient (Wildman–Crippen LogP) is -0.178. The lowest BCUT2D eigenvalue weighted by Gasteiger charge is -2.43. The van der Waals surface area contributed by atoms with E-state index in [1.54, 1.807) is 20.9 Å². The topological polar surface area (TPSA) is 84.0 Å². The molecule has 0 saturated carbocycles. The summed E-state index contributed by atoms with van der Waals surface area (Å²) in [7, 11) is -0.652. The van der Waals surface area contributed by atoms with Gasteiger partial charge in [-0.1, -0.05) is 0 Å². The van der Waals surface area contributed by atoms with Crippen LogP contribution in [0, 0.1) is 0 Å². The van der Waals surface area contributed by atoms with Crippen LogP contribution < -0.4 is 0 Å². The second-order valence-corrected chi connectivity index (χ2v) is 7.37. The van der Waals surface area contributed by atoms with E-state index >= 15 is 0 Å². The number of rotatable bonds is 5. The number of carbonyl (C=O) groups is 2. The van der Waals surface area contributed by atoms with E-state index in [1.807, 2.05) is 0 Å². The highest BCUT2D eigenvalue weighted by Crippen LogP contribution is 2.25. The van der Waals surface area contributed by atoms with Gasteiger partial charge in [0.2, 0.25) is 15.9 Å². The highest BCUT2D eigenvalue weighted by atomic mass is 32.2. The van der Waals surface area contributed by atoms with Gasteiger partial charge in [0.1, 0.15) is 5.54 Å². The van der Waals surface area contributed by atoms with Gasteiger partial charge >= 0.3 is 5.97 Å². The molecule has 1 fully saturated rings. The van der Waals surface area contributed by atoms with Gasteiger partial charge in [0.15, 0.2) is 0 Å². The molecule has 1 rings (SSSR count). The number of nitrogens with zero attached hydrogens (tertiary/aromatic N) is 2. The number of hydrogen-bond acceptors (Lipinski definition) is 5. The van der Waals surface area contributed by atoms with E-state index in [9.17, 15) is 18.0 Å². The van der Waals surface area contributed by atoms with E-state index < -0.39 is 21.5 Å². The third-order valence-electron chi connectivity index (χ3n) is 3.48. The number of amides is 1. The van der Waals surface area contributed by atoms with Crippen molar-refractivity contribution in [3.05, 3.63) is 0 Å². The van der Waals surface area contributed by atoms with Crippen molar-refractivity contribution in [1.29, 1.82) is 0 Å². The van der Waals surface area contributed by atoms with Gasteiger partial charge in [0.25, 0.3) is 0 Å². The Morgan fingerprint density at radius 1 is 1.35 bits per heavy atom. The molecule has 0 aromatic carbocycles. The van der Waals surface area contributed by atoms with Crippen molar-refractivity contribution in [2.75, 3.05) is 33.0 Å². The van der Waals surface area contributed by atoms with Crippen LogP contribution in [0.5, 0.6) is 0 Å². The predicted molar refractivity (Wildman–Crippen MR) is 73.5 cm³/mol. The van der Waals surface area contributed by atoms with E-state index in [1.165, 1.54) is 16.3 Å².